The maximum atomic E-state index is 10.6. The molecule has 1 aromatic heterocycles. The molecule has 1 aromatic rings. The number of halogens is 1. The summed E-state index contributed by atoms with van der Waals surface area (Å²) in [5.41, 5.74) is 0.686. The molecule has 0 spiro atoms. The maximum Gasteiger partial charge on any atom is 0.328 e. The summed E-state index contributed by atoms with van der Waals surface area (Å²) in [6.07, 6.45) is 13.5. The van der Waals surface area contributed by atoms with Crippen molar-refractivity contribution in [2.45, 2.75) is 51.0 Å². The highest BCUT2D eigenvalue weighted by atomic mass is 35.5. The molecule has 2 heterocycles. The lowest BCUT2D eigenvalue weighted by Crippen LogP contribution is -2.44. The van der Waals surface area contributed by atoms with Gasteiger partial charge in [0.2, 0.25) is 0 Å². The highest BCUT2D eigenvalue weighted by Gasteiger charge is 2.24. The van der Waals surface area contributed by atoms with Crippen LogP contribution in [0.15, 0.2) is 18.3 Å². The van der Waals surface area contributed by atoms with Crippen molar-refractivity contribution in [3.63, 3.8) is 0 Å². The number of nitrogens with one attached hydrogen (secondary N) is 1. The van der Waals surface area contributed by atoms with Crippen molar-refractivity contribution in [1.29, 1.82) is 0 Å². The van der Waals surface area contributed by atoms with Gasteiger partial charge in [0.25, 0.3) is 0 Å². The minimum Gasteiger partial charge on any atom is -0.478 e. The number of likely N-dealkylation sites (tertiary alicyclic amines) is 1. The largest absolute Gasteiger partial charge is 0.478 e. The molecule has 2 N–H and O–H groups in total. The highest BCUT2D eigenvalue weighted by molar-refractivity contribution is 6.33. The summed E-state index contributed by atoms with van der Waals surface area (Å²) in [5.74, 6) is 0.566. The number of hydrogen-bond acceptors (Lipinski definition) is 4. The van der Waals surface area contributed by atoms with Crippen LogP contribution in [0.5, 0.6) is 0 Å². The first-order valence-corrected chi connectivity index (χ1v) is 10.0. The fourth-order valence-electron chi connectivity index (χ4n) is 4.08. The molecule has 1 aliphatic carbocycles. The van der Waals surface area contributed by atoms with Gasteiger partial charge < -0.3 is 15.3 Å². The first kappa shape index (κ1) is 19.2. The average molecular weight is 378 g/mol. The zero-order valence-corrected chi connectivity index (χ0v) is 15.9. The Balaban J connectivity index is 1.55. The van der Waals surface area contributed by atoms with Crippen molar-refractivity contribution in [3.8, 4) is 0 Å². The van der Waals surface area contributed by atoms with E-state index in [9.17, 15) is 4.79 Å². The summed E-state index contributed by atoms with van der Waals surface area (Å²) >= 11 is 6.34. The molecule has 1 aliphatic heterocycles. The molecule has 0 amide bonds. The fraction of sp³-hybridized carbons (Fsp3) is 0.600. The molecule has 2 fully saturated rings. The summed E-state index contributed by atoms with van der Waals surface area (Å²) in [4.78, 5) is 17.6. The Morgan fingerprint density at radius 2 is 2.12 bits per heavy atom. The zero-order valence-electron chi connectivity index (χ0n) is 15.2. The number of carboxylic acids is 1. The number of carbonyl (C=O) groups is 1. The van der Waals surface area contributed by atoms with Crippen molar-refractivity contribution < 1.29 is 9.90 Å². The first-order chi connectivity index (χ1) is 12.6. The van der Waals surface area contributed by atoms with Crippen LogP contribution in [0.4, 0.5) is 5.82 Å². The Bertz CT molecular complexity index is 644. The van der Waals surface area contributed by atoms with E-state index in [1.165, 1.54) is 57.7 Å². The molecule has 0 unspecified atom stereocenters. The average Bonchev–Trinajstić information content (AvgIpc) is 2.63. The molecule has 26 heavy (non-hydrogen) atoms. The predicted octanol–water partition coefficient (Wildman–Crippen LogP) is 4.29. The Hall–Kier alpha value is -1.59. The second-order valence-corrected chi connectivity index (χ2v) is 7.92. The third-order valence-corrected chi connectivity index (χ3v) is 5.66. The number of carboxylic acid groups (broad SMARTS) is 1. The molecule has 1 saturated carbocycles. The minimum atomic E-state index is -0.983. The molecule has 0 radical (unpaired) electrons. The van der Waals surface area contributed by atoms with Crippen LogP contribution in [0.1, 0.15) is 50.5 Å². The quantitative estimate of drug-likeness (QED) is 0.724. The lowest BCUT2D eigenvalue weighted by atomic mass is 9.88. The van der Waals surface area contributed by atoms with E-state index in [2.05, 4.69) is 15.2 Å². The van der Waals surface area contributed by atoms with Gasteiger partial charge in [-0.05, 0) is 55.9 Å². The Kier molecular flexibility index (Phi) is 6.92. The van der Waals surface area contributed by atoms with Gasteiger partial charge in [-0.3, -0.25) is 0 Å². The summed E-state index contributed by atoms with van der Waals surface area (Å²) in [6, 6.07) is 2.11. The minimum absolute atomic E-state index is 0.359. The SMILES string of the molecule is O=C(O)/C=C/c1cnc(N[C@@H]2CCCN(CC3CCCCC3)C2)c(Cl)c1. The third-order valence-electron chi connectivity index (χ3n) is 5.37. The van der Waals surface area contributed by atoms with Crippen LogP contribution in [-0.2, 0) is 4.79 Å². The number of pyridine rings is 1. The molecule has 142 valence electrons. The normalized spacial score (nSPS) is 22.6. The van der Waals surface area contributed by atoms with Crippen molar-refractivity contribution in [3.05, 3.63) is 28.9 Å². The summed E-state index contributed by atoms with van der Waals surface area (Å²) in [5, 5.41) is 12.7. The molecule has 0 aromatic carbocycles. The van der Waals surface area contributed by atoms with Gasteiger partial charge in [0.1, 0.15) is 5.82 Å². The second-order valence-electron chi connectivity index (χ2n) is 7.52. The van der Waals surface area contributed by atoms with E-state index < -0.39 is 5.97 Å². The number of nitrogens with zero attached hydrogens (tertiary/aromatic N) is 2. The van der Waals surface area contributed by atoms with Gasteiger partial charge in [-0.2, -0.15) is 0 Å². The molecule has 5 nitrogen and oxygen atoms in total. The number of aliphatic carboxylic acids is 1. The second kappa shape index (κ2) is 9.38. The van der Waals surface area contributed by atoms with Gasteiger partial charge >= 0.3 is 5.97 Å². The van der Waals surface area contributed by atoms with Gasteiger partial charge in [0.05, 0.1) is 5.02 Å². The smallest absolute Gasteiger partial charge is 0.328 e. The number of aromatic nitrogens is 1. The highest BCUT2D eigenvalue weighted by Crippen LogP contribution is 2.27. The Labute approximate surface area is 160 Å². The summed E-state index contributed by atoms with van der Waals surface area (Å²) in [7, 11) is 0. The first-order valence-electron chi connectivity index (χ1n) is 9.65. The number of anilines is 1. The molecule has 2 aliphatic rings. The van der Waals surface area contributed by atoms with Gasteiger partial charge in [-0.1, -0.05) is 30.9 Å². The molecule has 3 rings (SSSR count). The van der Waals surface area contributed by atoms with Crippen LogP contribution < -0.4 is 5.32 Å². The van der Waals surface area contributed by atoms with Gasteiger partial charge in [-0.15, -0.1) is 0 Å². The zero-order chi connectivity index (χ0) is 18.4. The van der Waals surface area contributed by atoms with Crippen molar-refractivity contribution in [1.82, 2.24) is 9.88 Å². The van der Waals surface area contributed by atoms with E-state index >= 15 is 0 Å². The van der Waals surface area contributed by atoms with E-state index in [1.54, 1.807) is 12.3 Å². The van der Waals surface area contributed by atoms with Gasteiger partial charge in [-0.25, -0.2) is 9.78 Å². The molecule has 0 bridgehead atoms. The van der Waals surface area contributed by atoms with Crippen LogP contribution in [0.25, 0.3) is 6.08 Å². The Morgan fingerprint density at radius 1 is 1.31 bits per heavy atom. The van der Waals surface area contributed by atoms with E-state index in [0.717, 1.165) is 25.0 Å². The van der Waals surface area contributed by atoms with E-state index in [-0.39, 0.29) is 0 Å². The number of rotatable bonds is 6. The van der Waals surface area contributed by atoms with Crippen molar-refractivity contribution in [2.24, 2.45) is 5.92 Å². The summed E-state index contributed by atoms with van der Waals surface area (Å²) in [6.45, 7) is 3.45. The Morgan fingerprint density at radius 3 is 2.85 bits per heavy atom. The molecule has 1 saturated heterocycles. The predicted molar refractivity (Wildman–Crippen MR) is 106 cm³/mol. The third kappa shape index (κ3) is 5.71. The standard InChI is InChI=1S/C20H28ClN3O2/c21-18-11-16(8-9-19(25)26)12-22-20(18)23-17-7-4-10-24(14-17)13-15-5-2-1-3-6-15/h8-9,11-12,15,17H,1-7,10,13-14H2,(H,22,23)(H,25,26)/b9-8+/t17-/m1/s1. The fourth-order valence-corrected chi connectivity index (χ4v) is 4.31. The van der Waals surface area contributed by atoms with E-state index in [0.29, 0.717) is 22.4 Å². The van der Waals surface area contributed by atoms with Gasteiger partial charge in [0, 0.05) is 31.4 Å². The van der Waals surface area contributed by atoms with Crippen LogP contribution in [0.2, 0.25) is 5.02 Å². The molecule has 1 atom stereocenters. The van der Waals surface area contributed by atoms with Gasteiger partial charge in [0.15, 0.2) is 0 Å². The monoisotopic (exact) mass is 377 g/mol. The van der Waals surface area contributed by atoms with Crippen LogP contribution in [-0.4, -0.2) is 46.6 Å². The lowest BCUT2D eigenvalue weighted by molar-refractivity contribution is -0.131. The molecular weight excluding hydrogens is 350 g/mol. The van der Waals surface area contributed by atoms with E-state index in [1.807, 2.05) is 0 Å². The van der Waals surface area contributed by atoms with Crippen LogP contribution >= 0.6 is 11.6 Å². The lowest BCUT2D eigenvalue weighted by Gasteiger charge is -2.36. The summed E-state index contributed by atoms with van der Waals surface area (Å²) < 4.78 is 0. The topological polar surface area (TPSA) is 65.5 Å². The van der Waals surface area contributed by atoms with Crippen LogP contribution in [0, 0.1) is 5.92 Å². The van der Waals surface area contributed by atoms with Crippen LogP contribution in [0.3, 0.4) is 0 Å². The number of hydrogen-bond donors (Lipinski definition) is 2. The van der Waals surface area contributed by atoms with Crippen molar-refractivity contribution >= 4 is 29.5 Å². The number of piperidine rings is 1. The van der Waals surface area contributed by atoms with E-state index in [4.69, 9.17) is 16.7 Å². The molecule has 6 heteroatoms. The van der Waals surface area contributed by atoms with Crippen molar-refractivity contribution in [2.75, 3.05) is 25.0 Å². The molecular formula is C20H28ClN3O2. The maximum absolute atomic E-state index is 10.6.